The Hall–Kier alpha value is -3.34. The minimum atomic E-state index is -4.84. The number of nitrogens with one attached hydrogen (secondary N) is 1. The number of pyridine rings is 1. The monoisotopic (exact) mass is 487 g/mol. The highest BCUT2D eigenvalue weighted by Crippen LogP contribution is 2.33. The molecule has 3 aromatic rings. The number of carbonyl (C=O) groups is 1. The first kappa shape index (κ1) is 21.4. The third-order valence-electron chi connectivity index (χ3n) is 3.64. The molecule has 3 rings (SSSR count). The van der Waals surface area contributed by atoms with Crippen LogP contribution in [-0.4, -0.2) is 17.5 Å². The van der Waals surface area contributed by atoms with Gasteiger partial charge >= 0.3 is 6.36 Å². The Morgan fingerprint density at radius 3 is 2.20 bits per heavy atom. The molecule has 2 N–H and O–H groups in total. The van der Waals surface area contributed by atoms with Crippen molar-refractivity contribution in [2.24, 2.45) is 0 Å². The quantitative estimate of drug-likeness (QED) is 0.300. The van der Waals surface area contributed by atoms with Gasteiger partial charge < -0.3 is 14.8 Å². The van der Waals surface area contributed by atoms with Crippen LogP contribution in [0, 0.1) is 5.82 Å². The van der Waals surface area contributed by atoms with Crippen LogP contribution in [0.1, 0.15) is 10.4 Å². The predicted molar refractivity (Wildman–Crippen MR) is 99.1 cm³/mol. The van der Waals surface area contributed by atoms with Crippen LogP contribution < -0.4 is 19.5 Å². The molecule has 1 aromatic heterocycles. The molecule has 0 fully saturated rings. The molecule has 30 heavy (non-hydrogen) atoms. The average Bonchev–Trinajstić information content (AvgIpc) is 2.67. The Bertz CT molecular complexity index is 1060. The first-order valence-corrected chi connectivity index (χ1v) is 8.95. The van der Waals surface area contributed by atoms with Crippen LogP contribution in [0.2, 0.25) is 0 Å². The number of ether oxygens (including phenoxy) is 2. The van der Waals surface area contributed by atoms with Crippen molar-refractivity contribution in [3.8, 4) is 17.2 Å². The second-order valence-corrected chi connectivity index (χ2v) is 6.63. The van der Waals surface area contributed by atoms with Crippen LogP contribution >= 0.6 is 15.9 Å². The summed E-state index contributed by atoms with van der Waals surface area (Å²) in [5.74, 6) is -2.29. The molecular formula is C19H12BrF4N2O4+. The van der Waals surface area contributed by atoms with Crippen LogP contribution in [0.25, 0.3) is 0 Å². The molecule has 0 aliphatic heterocycles. The van der Waals surface area contributed by atoms with Crippen molar-refractivity contribution in [2.45, 2.75) is 6.36 Å². The van der Waals surface area contributed by atoms with E-state index in [4.69, 9.17) is 4.74 Å². The number of amides is 1. The lowest BCUT2D eigenvalue weighted by molar-refractivity contribution is -0.904. The molecule has 156 valence electrons. The molecule has 0 aliphatic carbocycles. The van der Waals surface area contributed by atoms with Crippen molar-refractivity contribution in [1.82, 2.24) is 0 Å². The number of aromatic nitrogens is 1. The highest BCUT2D eigenvalue weighted by Gasteiger charge is 2.31. The number of hydrogen-bond acceptors (Lipinski definition) is 4. The number of rotatable bonds is 5. The zero-order chi connectivity index (χ0) is 21.9. The van der Waals surface area contributed by atoms with Gasteiger partial charge in [0, 0.05) is 16.9 Å². The van der Waals surface area contributed by atoms with E-state index in [1.54, 1.807) is 0 Å². The second kappa shape index (κ2) is 8.57. The summed E-state index contributed by atoms with van der Waals surface area (Å²) in [6.45, 7) is 0. The lowest BCUT2D eigenvalue weighted by Gasteiger charge is -2.14. The highest BCUT2D eigenvalue weighted by atomic mass is 79.9. The van der Waals surface area contributed by atoms with Gasteiger partial charge in [-0.05, 0) is 52.3 Å². The average molecular weight is 488 g/mol. The molecule has 6 nitrogen and oxygen atoms in total. The Balaban J connectivity index is 1.85. The van der Waals surface area contributed by atoms with Crippen molar-refractivity contribution < 1.29 is 41.8 Å². The maximum Gasteiger partial charge on any atom is 0.573 e. The maximum absolute atomic E-state index is 14.7. The minimum absolute atomic E-state index is 0.00943. The highest BCUT2D eigenvalue weighted by molar-refractivity contribution is 9.10. The van der Waals surface area contributed by atoms with E-state index in [0.29, 0.717) is 0 Å². The molecule has 0 saturated carbocycles. The predicted octanol–water partition coefficient (Wildman–Crippen LogP) is 5.06. The van der Waals surface area contributed by atoms with Crippen LogP contribution in [0.4, 0.5) is 23.2 Å². The molecular weight excluding hydrogens is 476 g/mol. The van der Waals surface area contributed by atoms with Crippen LogP contribution in [0.5, 0.6) is 17.2 Å². The van der Waals surface area contributed by atoms with Gasteiger partial charge in [-0.3, -0.25) is 10.0 Å². The third kappa shape index (κ3) is 5.38. The largest absolute Gasteiger partial charge is 0.573 e. The number of halogens is 5. The van der Waals surface area contributed by atoms with E-state index in [1.165, 1.54) is 48.8 Å². The van der Waals surface area contributed by atoms with Gasteiger partial charge in [-0.1, -0.05) is 0 Å². The summed E-state index contributed by atoms with van der Waals surface area (Å²) in [7, 11) is 0. The number of carbonyl (C=O) groups excluding carboxylic acids is 1. The van der Waals surface area contributed by atoms with Crippen LogP contribution in [0.3, 0.4) is 0 Å². The van der Waals surface area contributed by atoms with E-state index in [0.717, 1.165) is 16.9 Å². The first-order chi connectivity index (χ1) is 14.1. The molecule has 0 unspecified atom stereocenters. The first-order valence-electron chi connectivity index (χ1n) is 8.16. The lowest BCUT2D eigenvalue weighted by Crippen LogP contribution is -2.28. The van der Waals surface area contributed by atoms with Gasteiger partial charge in [0.25, 0.3) is 5.91 Å². The van der Waals surface area contributed by atoms with Gasteiger partial charge in [0.2, 0.25) is 12.4 Å². The zero-order valence-electron chi connectivity index (χ0n) is 14.8. The van der Waals surface area contributed by atoms with Gasteiger partial charge in [0.15, 0.2) is 5.82 Å². The van der Waals surface area contributed by atoms with Gasteiger partial charge in [-0.15, -0.1) is 13.2 Å². The Morgan fingerprint density at radius 1 is 1.00 bits per heavy atom. The molecule has 0 atom stereocenters. The standard InChI is InChI=1S/C19H11BrF4N2O4/c20-14-5-6-15(29-12-1-3-13(4-2-12)30-19(22,23)24)16(17(14)21)18(27)25-11-7-9-26(28)10-8-11/h1-10,28H/p+1. The van der Waals surface area contributed by atoms with E-state index in [2.05, 4.69) is 26.0 Å². The summed E-state index contributed by atoms with van der Waals surface area (Å²) >= 11 is 3.00. The summed E-state index contributed by atoms with van der Waals surface area (Å²) in [5.41, 5.74) is -0.148. The van der Waals surface area contributed by atoms with E-state index in [1.807, 2.05) is 0 Å². The molecule has 1 amide bonds. The van der Waals surface area contributed by atoms with Crippen LogP contribution in [0.15, 0.2) is 65.4 Å². The summed E-state index contributed by atoms with van der Waals surface area (Å²) in [5, 5.41) is 11.7. The molecule has 0 bridgehead atoms. The lowest BCUT2D eigenvalue weighted by atomic mass is 10.1. The molecule has 0 radical (unpaired) electrons. The van der Waals surface area contributed by atoms with Crippen molar-refractivity contribution in [3.05, 3.63) is 76.8 Å². The zero-order valence-corrected chi connectivity index (χ0v) is 16.4. The topological polar surface area (TPSA) is 71.7 Å². The molecule has 1 heterocycles. The molecule has 0 spiro atoms. The smallest absolute Gasteiger partial charge is 0.456 e. The number of anilines is 1. The van der Waals surface area contributed by atoms with E-state index in [9.17, 15) is 27.6 Å². The number of benzene rings is 2. The van der Waals surface area contributed by atoms with Gasteiger partial charge in [0.05, 0.1) is 10.2 Å². The fourth-order valence-corrected chi connectivity index (χ4v) is 2.69. The van der Waals surface area contributed by atoms with Gasteiger partial charge in [-0.2, -0.15) is 0 Å². The summed E-state index contributed by atoms with van der Waals surface area (Å²) < 4.78 is 61.5. The van der Waals surface area contributed by atoms with E-state index >= 15 is 0 Å². The van der Waals surface area contributed by atoms with E-state index in [-0.39, 0.29) is 21.7 Å². The fraction of sp³-hybridized carbons (Fsp3) is 0.0526. The third-order valence-corrected chi connectivity index (χ3v) is 4.25. The molecule has 2 aromatic carbocycles. The normalized spacial score (nSPS) is 11.1. The number of nitrogens with zero attached hydrogens (tertiary/aromatic N) is 1. The van der Waals surface area contributed by atoms with Gasteiger partial charge in [0.1, 0.15) is 22.8 Å². The SMILES string of the molecule is O=C(Nc1cc[n+](O)cc1)c1c(Oc2ccc(OC(F)(F)F)cc2)ccc(Br)c1F. The minimum Gasteiger partial charge on any atom is -0.456 e. The van der Waals surface area contributed by atoms with Crippen LogP contribution in [-0.2, 0) is 0 Å². The Kier molecular flexibility index (Phi) is 6.11. The summed E-state index contributed by atoms with van der Waals surface area (Å²) in [4.78, 5) is 12.6. The molecule has 0 saturated heterocycles. The summed E-state index contributed by atoms with van der Waals surface area (Å²) in [6.07, 6.45) is -2.32. The molecule has 0 aliphatic rings. The fourth-order valence-electron chi connectivity index (χ4n) is 2.36. The second-order valence-electron chi connectivity index (χ2n) is 5.78. The van der Waals surface area contributed by atoms with Crippen molar-refractivity contribution in [1.29, 1.82) is 0 Å². The maximum atomic E-state index is 14.7. The van der Waals surface area contributed by atoms with E-state index < -0.39 is 29.4 Å². The van der Waals surface area contributed by atoms with Crippen molar-refractivity contribution >= 4 is 27.5 Å². The van der Waals surface area contributed by atoms with Gasteiger partial charge in [-0.25, -0.2) is 4.39 Å². The van der Waals surface area contributed by atoms with Crippen molar-refractivity contribution in [2.75, 3.05) is 5.32 Å². The number of hydrogen-bond donors (Lipinski definition) is 2. The summed E-state index contributed by atoms with van der Waals surface area (Å²) in [6, 6.07) is 9.81. The van der Waals surface area contributed by atoms with Crippen molar-refractivity contribution in [3.63, 3.8) is 0 Å². The Morgan fingerprint density at radius 2 is 1.60 bits per heavy atom. The Labute approximate surface area is 175 Å². The number of alkyl halides is 3. The molecule has 11 heteroatoms.